The second kappa shape index (κ2) is 6.80. The van der Waals surface area contributed by atoms with E-state index in [-0.39, 0.29) is 11.7 Å². The van der Waals surface area contributed by atoms with Crippen molar-refractivity contribution in [3.8, 4) is 0 Å². The van der Waals surface area contributed by atoms with E-state index in [1.807, 2.05) is 39.0 Å². The number of aliphatic imine (C=N–C) groups is 1. The average Bonchev–Trinajstić information content (AvgIpc) is 2.81. The van der Waals surface area contributed by atoms with Gasteiger partial charge in [-0.25, -0.2) is 4.99 Å². The van der Waals surface area contributed by atoms with Crippen LogP contribution in [0.4, 0.5) is 5.69 Å². The molecule has 0 radical (unpaired) electrons. The minimum absolute atomic E-state index is 0.108. The zero-order valence-corrected chi connectivity index (χ0v) is 13.4. The van der Waals surface area contributed by atoms with Gasteiger partial charge in [-0.15, -0.1) is 0 Å². The molecular weight excluding hydrogens is 284 g/mol. The molecule has 1 aromatic carbocycles. The number of amides is 1. The first-order chi connectivity index (χ1) is 10.0. The van der Waals surface area contributed by atoms with Gasteiger partial charge in [0.2, 0.25) is 0 Å². The van der Waals surface area contributed by atoms with Gasteiger partial charge in [0, 0.05) is 6.54 Å². The Labute approximate surface area is 129 Å². The van der Waals surface area contributed by atoms with E-state index in [0.29, 0.717) is 22.9 Å². The van der Waals surface area contributed by atoms with E-state index >= 15 is 0 Å². The number of aryl methyl sites for hydroxylation is 2. The lowest BCUT2D eigenvalue weighted by atomic mass is 10.1. The number of carbonyl (C=O) groups is 1. The Morgan fingerprint density at radius 3 is 2.81 bits per heavy atom. The van der Waals surface area contributed by atoms with Crippen molar-refractivity contribution in [3.05, 3.63) is 40.7 Å². The van der Waals surface area contributed by atoms with Crippen LogP contribution in [0.25, 0.3) is 0 Å². The summed E-state index contributed by atoms with van der Waals surface area (Å²) in [7, 11) is 0. The molecule has 4 nitrogen and oxygen atoms in total. The number of aliphatic hydroxyl groups excluding tert-OH is 1. The molecule has 0 aromatic heterocycles. The fraction of sp³-hybridized carbons (Fsp3) is 0.375. The lowest BCUT2D eigenvalue weighted by Crippen LogP contribution is -2.28. The van der Waals surface area contributed by atoms with Gasteiger partial charge in [0.25, 0.3) is 5.91 Å². The highest BCUT2D eigenvalue weighted by Crippen LogP contribution is 2.29. The van der Waals surface area contributed by atoms with Gasteiger partial charge in [0.05, 0.1) is 11.4 Å². The summed E-state index contributed by atoms with van der Waals surface area (Å²) in [5.74, 6) is 0.261. The summed E-state index contributed by atoms with van der Waals surface area (Å²) in [6.07, 6.45) is 0.858. The third-order valence-corrected chi connectivity index (χ3v) is 4.32. The van der Waals surface area contributed by atoms with Crippen LogP contribution in [0.1, 0.15) is 24.5 Å². The van der Waals surface area contributed by atoms with Crippen molar-refractivity contribution in [2.45, 2.75) is 27.2 Å². The molecule has 2 N–H and O–H groups in total. The first-order valence-corrected chi connectivity index (χ1v) is 8.01. The summed E-state index contributed by atoms with van der Waals surface area (Å²) in [5.41, 5.74) is 3.48. The molecule has 0 bridgehead atoms. The summed E-state index contributed by atoms with van der Waals surface area (Å²) in [6, 6.07) is 5.92. The molecule has 0 spiro atoms. The highest BCUT2D eigenvalue weighted by molar-refractivity contribution is 8.15. The highest BCUT2D eigenvalue weighted by Gasteiger charge is 2.27. The molecular formula is C16H20N2O2S. The Kier molecular flexibility index (Phi) is 5.07. The summed E-state index contributed by atoms with van der Waals surface area (Å²) in [6.45, 7) is 6.66. The minimum Gasteiger partial charge on any atom is -0.510 e. The van der Waals surface area contributed by atoms with Gasteiger partial charge in [-0.3, -0.25) is 4.79 Å². The number of benzene rings is 1. The molecule has 5 heteroatoms. The van der Waals surface area contributed by atoms with Crippen LogP contribution >= 0.6 is 11.8 Å². The van der Waals surface area contributed by atoms with Gasteiger partial charge in [0.15, 0.2) is 0 Å². The molecule has 1 amide bonds. The predicted octanol–water partition coefficient (Wildman–Crippen LogP) is 3.42. The molecule has 0 saturated heterocycles. The molecule has 1 aromatic rings. The van der Waals surface area contributed by atoms with Crippen LogP contribution in [0.15, 0.2) is 34.5 Å². The Hall–Kier alpha value is -1.75. The van der Waals surface area contributed by atoms with Gasteiger partial charge in [-0.05, 0) is 43.5 Å². The van der Waals surface area contributed by atoms with Gasteiger partial charge in [-0.2, -0.15) is 0 Å². The quantitative estimate of drug-likeness (QED) is 0.896. The number of thioether (sulfide) groups is 1. The van der Waals surface area contributed by atoms with Gasteiger partial charge in [-0.1, -0.05) is 24.8 Å². The lowest BCUT2D eigenvalue weighted by molar-refractivity contribution is -0.117. The van der Waals surface area contributed by atoms with Crippen molar-refractivity contribution in [3.63, 3.8) is 0 Å². The smallest absolute Gasteiger partial charge is 0.257 e. The third-order valence-electron chi connectivity index (χ3n) is 3.33. The summed E-state index contributed by atoms with van der Waals surface area (Å²) in [5, 5.41) is 13.3. The highest BCUT2D eigenvalue weighted by atomic mass is 32.2. The maximum Gasteiger partial charge on any atom is 0.257 e. The van der Waals surface area contributed by atoms with Crippen LogP contribution in [0.3, 0.4) is 0 Å². The fourth-order valence-electron chi connectivity index (χ4n) is 1.96. The number of rotatable bonds is 4. The number of aliphatic hydroxyl groups is 1. The van der Waals surface area contributed by atoms with Crippen LogP contribution in [-0.2, 0) is 4.79 Å². The first-order valence-electron chi connectivity index (χ1n) is 7.02. The van der Waals surface area contributed by atoms with Crippen molar-refractivity contribution in [1.29, 1.82) is 0 Å². The van der Waals surface area contributed by atoms with Crippen molar-refractivity contribution in [2.24, 2.45) is 4.99 Å². The zero-order valence-electron chi connectivity index (χ0n) is 12.6. The molecule has 0 unspecified atom stereocenters. The van der Waals surface area contributed by atoms with Crippen LogP contribution in [-0.4, -0.2) is 28.4 Å². The van der Waals surface area contributed by atoms with E-state index in [1.165, 1.54) is 17.3 Å². The molecule has 21 heavy (non-hydrogen) atoms. The molecule has 1 heterocycles. The van der Waals surface area contributed by atoms with Crippen LogP contribution in [0.2, 0.25) is 0 Å². The molecule has 112 valence electrons. The van der Waals surface area contributed by atoms with E-state index in [0.717, 1.165) is 17.7 Å². The maximum absolute atomic E-state index is 12.1. The normalized spacial score (nSPS) is 16.6. The van der Waals surface area contributed by atoms with Crippen molar-refractivity contribution in [1.82, 2.24) is 5.32 Å². The van der Waals surface area contributed by atoms with E-state index in [1.54, 1.807) is 0 Å². The van der Waals surface area contributed by atoms with Gasteiger partial charge in [0.1, 0.15) is 16.4 Å². The van der Waals surface area contributed by atoms with Crippen molar-refractivity contribution in [2.75, 3.05) is 12.3 Å². The molecule has 0 aliphatic carbocycles. The predicted molar refractivity (Wildman–Crippen MR) is 88.4 cm³/mol. The zero-order chi connectivity index (χ0) is 15.4. The summed E-state index contributed by atoms with van der Waals surface area (Å²) < 4.78 is 0. The van der Waals surface area contributed by atoms with Crippen LogP contribution in [0, 0.1) is 13.8 Å². The number of nitrogens with one attached hydrogen (secondary N) is 1. The molecule has 1 aliphatic heterocycles. The number of nitrogens with zero attached hydrogens (tertiary/aromatic N) is 1. The third kappa shape index (κ3) is 3.67. The second-order valence-electron chi connectivity index (χ2n) is 5.05. The average molecular weight is 304 g/mol. The van der Waals surface area contributed by atoms with E-state index in [4.69, 9.17) is 0 Å². The Bertz CT molecular complexity index is 621. The SMILES string of the molecule is CCCNC(=O)C1=C(O)CSC1=Nc1ccc(C)c(C)c1. The van der Waals surface area contributed by atoms with E-state index in [2.05, 4.69) is 10.3 Å². The summed E-state index contributed by atoms with van der Waals surface area (Å²) >= 11 is 1.39. The standard InChI is InChI=1S/C16H20N2O2S/c1-4-7-17-15(20)14-13(19)9-21-16(14)18-12-6-5-10(2)11(3)8-12/h5-6,8,19H,4,7,9H2,1-3H3,(H,17,20). The van der Waals surface area contributed by atoms with Crippen LogP contribution < -0.4 is 5.32 Å². The Morgan fingerprint density at radius 2 is 2.14 bits per heavy atom. The maximum atomic E-state index is 12.1. The Morgan fingerprint density at radius 1 is 1.38 bits per heavy atom. The summed E-state index contributed by atoms with van der Waals surface area (Å²) in [4.78, 5) is 16.6. The van der Waals surface area contributed by atoms with E-state index < -0.39 is 0 Å². The monoisotopic (exact) mass is 304 g/mol. The van der Waals surface area contributed by atoms with Crippen molar-refractivity contribution >= 4 is 28.4 Å². The molecule has 0 atom stereocenters. The van der Waals surface area contributed by atoms with Crippen LogP contribution in [0.5, 0.6) is 0 Å². The largest absolute Gasteiger partial charge is 0.510 e. The van der Waals surface area contributed by atoms with Crippen molar-refractivity contribution < 1.29 is 9.90 Å². The number of hydrogen-bond donors (Lipinski definition) is 2. The molecule has 0 saturated carbocycles. The Balaban J connectivity index is 2.27. The topological polar surface area (TPSA) is 61.7 Å². The number of carbonyl (C=O) groups excluding carboxylic acids is 1. The van der Waals surface area contributed by atoms with Gasteiger partial charge < -0.3 is 10.4 Å². The fourth-order valence-corrected chi connectivity index (χ4v) is 2.90. The van der Waals surface area contributed by atoms with E-state index in [9.17, 15) is 9.90 Å². The minimum atomic E-state index is -0.248. The lowest BCUT2D eigenvalue weighted by Gasteiger charge is -2.06. The molecule has 0 fully saturated rings. The second-order valence-corrected chi connectivity index (χ2v) is 6.02. The van der Waals surface area contributed by atoms with Gasteiger partial charge >= 0.3 is 0 Å². The molecule has 2 rings (SSSR count). The number of hydrogen-bond acceptors (Lipinski definition) is 4. The molecule has 1 aliphatic rings. The first kappa shape index (κ1) is 15.6.